The van der Waals surface area contributed by atoms with Gasteiger partial charge in [-0.15, -0.1) is 11.3 Å². The van der Waals surface area contributed by atoms with Gasteiger partial charge in [0, 0.05) is 11.3 Å². The normalized spacial score (nSPS) is 13.5. The lowest BCUT2D eigenvalue weighted by Crippen LogP contribution is -2.43. The van der Waals surface area contributed by atoms with E-state index in [0.29, 0.717) is 21.1 Å². The molecule has 0 aliphatic heterocycles. The van der Waals surface area contributed by atoms with Crippen LogP contribution >= 0.6 is 23.1 Å². The van der Waals surface area contributed by atoms with Gasteiger partial charge in [-0.05, 0) is 42.5 Å². The van der Waals surface area contributed by atoms with Crippen LogP contribution in [0.5, 0.6) is 0 Å². The summed E-state index contributed by atoms with van der Waals surface area (Å²) in [7, 11) is 0. The van der Waals surface area contributed by atoms with Crippen molar-refractivity contribution in [3.63, 3.8) is 0 Å². The number of carboxylic acid groups (broad SMARTS) is 1. The van der Waals surface area contributed by atoms with Crippen molar-refractivity contribution in [3.8, 4) is 5.69 Å². The summed E-state index contributed by atoms with van der Waals surface area (Å²) in [6.45, 7) is 0. The van der Waals surface area contributed by atoms with E-state index < -0.39 is 17.9 Å². The molecule has 0 saturated carbocycles. The van der Waals surface area contributed by atoms with Crippen molar-refractivity contribution >= 4 is 45.2 Å². The van der Waals surface area contributed by atoms with Crippen molar-refractivity contribution in [2.24, 2.45) is 0 Å². The molecule has 0 saturated heterocycles. The lowest BCUT2D eigenvalue weighted by Gasteiger charge is -2.15. The van der Waals surface area contributed by atoms with E-state index in [0.717, 1.165) is 42.2 Å². The van der Waals surface area contributed by atoms with Crippen LogP contribution in [0.2, 0.25) is 0 Å². The van der Waals surface area contributed by atoms with Crippen molar-refractivity contribution in [1.29, 1.82) is 0 Å². The molecule has 0 bridgehead atoms. The summed E-state index contributed by atoms with van der Waals surface area (Å²) in [5.74, 6) is -1.59. The van der Waals surface area contributed by atoms with Crippen molar-refractivity contribution in [3.05, 3.63) is 87.0 Å². The zero-order chi connectivity index (χ0) is 24.4. The number of hydrogen-bond donors (Lipinski definition) is 2. The molecule has 0 radical (unpaired) electrons. The van der Waals surface area contributed by atoms with Gasteiger partial charge in [0.1, 0.15) is 10.9 Å². The number of thiophene rings is 1. The fraction of sp³-hybridized carbons (Fsp3) is 0.231. The number of amides is 1. The molecule has 1 aliphatic carbocycles. The van der Waals surface area contributed by atoms with E-state index >= 15 is 0 Å². The predicted molar refractivity (Wildman–Crippen MR) is 138 cm³/mol. The lowest BCUT2D eigenvalue weighted by molar-refractivity contribution is -0.141. The second-order valence-electron chi connectivity index (χ2n) is 8.34. The zero-order valence-corrected chi connectivity index (χ0v) is 20.4. The van der Waals surface area contributed by atoms with Gasteiger partial charge in [-0.1, -0.05) is 60.3 Å². The third-order valence-electron chi connectivity index (χ3n) is 5.97. The molecule has 1 unspecified atom stereocenters. The van der Waals surface area contributed by atoms with Crippen molar-refractivity contribution < 1.29 is 14.7 Å². The van der Waals surface area contributed by atoms with Crippen LogP contribution in [0.3, 0.4) is 0 Å². The predicted octanol–water partition coefficient (Wildman–Crippen LogP) is 3.84. The van der Waals surface area contributed by atoms with Crippen LogP contribution in [0.4, 0.5) is 0 Å². The second-order valence-corrected chi connectivity index (χ2v) is 10.4. The van der Waals surface area contributed by atoms with Crippen LogP contribution in [0.1, 0.15) is 22.4 Å². The molecule has 0 spiro atoms. The van der Waals surface area contributed by atoms with Crippen LogP contribution < -0.4 is 10.9 Å². The number of carbonyl (C=O) groups excluding carboxylic acids is 1. The number of rotatable bonds is 8. The number of hydrogen-bond acceptors (Lipinski definition) is 6. The van der Waals surface area contributed by atoms with Crippen molar-refractivity contribution in [2.45, 2.75) is 36.9 Å². The van der Waals surface area contributed by atoms with Gasteiger partial charge in [0.05, 0.1) is 16.8 Å². The van der Waals surface area contributed by atoms with Crippen LogP contribution in [0, 0.1) is 0 Å². The minimum atomic E-state index is -1.10. The minimum absolute atomic E-state index is 0.0611. The molecule has 2 aromatic heterocycles. The van der Waals surface area contributed by atoms with Crippen LogP contribution in [0.25, 0.3) is 15.9 Å². The van der Waals surface area contributed by atoms with Crippen LogP contribution in [-0.4, -0.2) is 38.3 Å². The average molecular weight is 506 g/mol. The Labute approximate surface area is 209 Å². The molecular weight excluding hydrogens is 482 g/mol. The Balaban J connectivity index is 1.41. The molecule has 7 nitrogen and oxygen atoms in total. The first-order valence-electron chi connectivity index (χ1n) is 11.3. The smallest absolute Gasteiger partial charge is 0.326 e. The Kier molecular flexibility index (Phi) is 6.70. The topological polar surface area (TPSA) is 101 Å². The molecule has 2 N–H and O–H groups in total. The number of nitrogens with one attached hydrogen (secondary N) is 1. The number of carbonyl (C=O) groups is 2. The van der Waals surface area contributed by atoms with Gasteiger partial charge in [-0.3, -0.25) is 14.2 Å². The molecule has 4 aromatic rings. The number of aryl methyl sites for hydroxylation is 2. The molecule has 2 heterocycles. The van der Waals surface area contributed by atoms with E-state index in [1.54, 1.807) is 15.9 Å². The summed E-state index contributed by atoms with van der Waals surface area (Å²) in [6, 6.07) is 17.4. The number of benzene rings is 2. The molecule has 9 heteroatoms. The zero-order valence-electron chi connectivity index (χ0n) is 18.8. The quantitative estimate of drug-likeness (QED) is 0.279. The Morgan fingerprint density at radius 3 is 2.51 bits per heavy atom. The number of carboxylic acids is 1. The largest absolute Gasteiger partial charge is 0.480 e. The van der Waals surface area contributed by atoms with Gasteiger partial charge in [0.15, 0.2) is 5.16 Å². The van der Waals surface area contributed by atoms with E-state index in [-0.39, 0.29) is 17.7 Å². The van der Waals surface area contributed by atoms with Gasteiger partial charge < -0.3 is 10.4 Å². The second kappa shape index (κ2) is 10.1. The third kappa shape index (κ3) is 4.87. The number of aliphatic carboxylic acids is 1. The van der Waals surface area contributed by atoms with Gasteiger partial charge in [0.2, 0.25) is 5.91 Å². The molecule has 2 aromatic carbocycles. The summed E-state index contributed by atoms with van der Waals surface area (Å²) in [6.07, 6.45) is 3.08. The van der Waals surface area contributed by atoms with Crippen LogP contribution in [-0.2, 0) is 28.9 Å². The first-order chi connectivity index (χ1) is 17.0. The Morgan fingerprint density at radius 1 is 1.09 bits per heavy atom. The highest BCUT2D eigenvalue weighted by atomic mass is 32.2. The highest BCUT2D eigenvalue weighted by Gasteiger charge is 2.25. The van der Waals surface area contributed by atoms with E-state index in [2.05, 4.69) is 5.32 Å². The Hall–Kier alpha value is -3.43. The highest BCUT2D eigenvalue weighted by molar-refractivity contribution is 7.99. The van der Waals surface area contributed by atoms with Crippen LogP contribution in [0.15, 0.2) is 70.6 Å². The molecule has 5 rings (SSSR count). The number of aromatic nitrogens is 2. The first-order valence-corrected chi connectivity index (χ1v) is 13.1. The molecule has 35 heavy (non-hydrogen) atoms. The fourth-order valence-electron chi connectivity index (χ4n) is 4.34. The number of nitrogens with zero attached hydrogens (tertiary/aromatic N) is 2. The maximum atomic E-state index is 13.6. The van der Waals surface area contributed by atoms with E-state index in [1.165, 1.54) is 4.88 Å². The SMILES string of the molecule is O=C(CSc1nc2sc3c(c2c(=O)n1-c1ccccc1)CCC3)NC(Cc1ccccc1)C(=O)O. The van der Waals surface area contributed by atoms with Gasteiger partial charge >= 0.3 is 5.97 Å². The lowest BCUT2D eigenvalue weighted by atomic mass is 10.1. The average Bonchev–Trinajstić information content (AvgIpc) is 3.44. The number of thioether (sulfide) groups is 1. The van der Waals surface area contributed by atoms with Crippen molar-refractivity contribution in [2.75, 3.05) is 5.75 Å². The standard InChI is InChI=1S/C26H23N3O4S2/c30-21(27-19(25(32)33)14-16-8-3-1-4-9-16)15-34-26-28-23-22(18-12-7-13-20(18)35-23)24(31)29(26)17-10-5-2-6-11-17/h1-6,8-11,19H,7,12-15H2,(H,27,30)(H,32,33). The maximum Gasteiger partial charge on any atom is 0.326 e. The molecule has 1 amide bonds. The Morgan fingerprint density at radius 2 is 1.80 bits per heavy atom. The van der Waals surface area contributed by atoms with Gasteiger partial charge in [-0.25, -0.2) is 9.78 Å². The van der Waals surface area contributed by atoms with Gasteiger partial charge in [0.25, 0.3) is 5.56 Å². The Bertz CT molecular complexity index is 1450. The summed E-state index contributed by atoms with van der Waals surface area (Å²) in [5.41, 5.74) is 2.48. The fourth-order valence-corrected chi connectivity index (χ4v) is 6.47. The van der Waals surface area contributed by atoms with Crippen molar-refractivity contribution in [1.82, 2.24) is 14.9 Å². The van der Waals surface area contributed by atoms with E-state index in [4.69, 9.17) is 4.98 Å². The monoisotopic (exact) mass is 505 g/mol. The summed E-state index contributed by atoms with van der Waals surface area (Å²) < 4.78 is 1.56. The molecular formula is C26H23N3O4S2. The minimum Gasteiger partial charge on any atom is -0.480 e. The maximum absolute atomic E-state index is 13.6. The highest BCUT2D eigenvalue weighted by Crippen LogP contribution is 2.36. The molecule has 1 aliphatic rings. The summed E-state index contributed by atoms with van der Waals surface area (Å²) in [4.78, 5) is 44.8. The molecule has 178 valence electrons. The first kappa shape index (κ1) is 23.3. The van der Waals surface area contributed by atoms with Gasteiger partial charge in [-0.2, -0.15) is 0 Å². The number of para-hydroxylation sites is 1. The number of fused-ring (bicyclic) bond motifs is 3. The summed E-state index contributed by atoms with van der Waals surface area (Å²) in [5, 5.41) is 13.3. The molecule has 1 atom stereocenters. The molecule has 0 fully saturated rings. The van der Waals surface area contributed by atoms with E-state index in [1.807, 2.05) is 60.7 Å². The van der Waals surface area contributed by atoms with E-state index in [9.17, 15) is 19.5 Å². The summed E-state index contributed by atoms with van der Waals surface area (Å²) >= 11 is 2.69. The third-order valence-corrected chi connectivity index (χ3v) is 8.10.